The highest BCUT2D eigenvalue weighted by atomic mass is 16.7. The Morgan fingerprint density at radius 1 is 1.08 bits per heavy atom. The van der Waals surface area contributed by atoms with Crippen LogP contribution in [0.25, 0.3) is 0 Å². The molecule has 132 valence electrons. The van der Waals surface area contributed by atoms with Gasteiger partial charge in [0, 0.05) is 5.56 Å². The smallest absolute Gasteiger partial charge is 0.251 e. The first-order chi connectivity index (χ1) is 11.9. The average molecular weight is 341 g/mol. The molecule has 0 spiro atoms. The van der Waals surface area contributed by atoms with Gasteiger partial charge in [-0.2, -0.15) is 0 Å². The SMILES string of the molecule is CC(C)(C)c1ccc(OCCNC(=O)c2ccc3c(c2)OCO3)cc1. The van der Waals surface area contributed by atoms with Crippen LogP contribution < -0.4 is 19.5 Å². The molecule has 0 aliphatic carbocycles. The Morgan fingerprint density at radius 3 is 2.52 bits per heavy atom. The van der Waals surface area contributed by atoms with Gasteiger partial charge in [-0.1, -0.05) is 32.9 Å². The quantitative estimate of drug-likeness (QED) is 0.846. The van der Waals surface area contributed by atoms with Crippen molar-refractivity contribution in [1.82, 2.24) is 5.32 Å². The fraction of sp³-hybridized carbons (Fsp3) is 0.350. The van der Waals surface area contributed by atoms with Crippen LogP contribution in [0.2, 0.25) is 0 Å². The zero-order valence-corrected chi connectivity index (χ0v) is 14.8. The van der Waals surface area contributed by atoms with Gasteiger partial charge in [0.05, 0.1) is 6.54 Å². The number of carbonyl (C=O) groups excluding carboxylic acids is 1. The van der Waals surface area contributed by atoms with E-state index in [0.29, 0.717) is 30.2 Å². The monoisotopic (exact) mass is 341 g/mol. The molecule has 5 heteroatoms. The molecule has 1 aliphatic rings. The Kier molecular flexibility index (Phi) is 4.83. The topological polar surface area (TPSA) is 56.8 Å². The largest absolute Gasteiger partial charge is 0.492 e. The number of ether oxygens (including phenoxy) is 3. The molecule has 5 nitrogen and oxygen atoms in total. The molecule has 2 aromatic rings. The van der Waals surface area contributed by atoms with Gasteiger partial charge in [-0.25, -0.2) is 0 Å². The standard InChI is InChI=1S/C20H23NO4/c1-20(2,3)15-5-7-16(8-6-15)23-11-10-21-19(22)14-4-9-17-18(12-14)25-13-24-17/h4-9,12H,10-11,13H2,1-3H3,(H,21,22). The second kappa shape index (κ2) is 7.05. The van der Waals surface area contributed by atoms with Gasteiger partial charge in [0.25, 0.3) is 5.91 Å². The van der Waals surface area contributed by atoms with E-state index < -0.39 is 0 Å². The Balaban J connectivity index is 1.46. The van der Waals surface area contributed by atoms with Crippen molar-refractivity contribution < 1.29 is 19.0 Å². The zero-order chi connectivity index (χ0) is 17.9. The van der Waals surface area contributed by atoms with Crippen LogP contribution in [-0.4, -0.2) is 25.9 Å². The Labute approximate surface area is 147 Å². The summed E-state index contributed by atoms with van der Waals surface area (Å²) < 4.78 is 16.2. The predicted molar refractivity (Wildman–Crippen MR) is 95.5 cm³/mol. The minimum absolute atomic E-state index is 0.122. The molecule has 1 amide bonds. The van der Waals surface area contributed by atoms with Crippen molar-refractivity contribution in [3.05, 3.63) is 53.6 Å². The Hall–Kier alpha value is -2.69. The lowest BCUT2D eigenvalue weighted by molar-refractivity contribution is 0.0946. The maximum atomic E-state index is 12.1. The van der Waals surface area contributed by atoms with Crippen molar-refractivity contribution in [2.24, 2.45) is 0 Å². The molecular weight excluding hydrogens is 318 g/mol. The molecule has 1 heterocycles. The summed E-state index contributed by atoms with van der Waals surface area (Å²) >= 11 is 0. The fourth-order valence-electron chi connectivity index (χ4n) is 2.52. The van der Waals surface area contributed by atoms with Gasteiger partial charge >= 0.3 is 0 Å². The van der Waals surface area contributed by atoms with E-state index in [1.165, 1.54) is 5.56 Å². The molecule has 0 saturated carbocycles. The number of hydrogen-bond acceptors (Lipinski definition) is 4. The molecule has 3 rings (SSSR count). The van der Waals surface area contributed by atoms with Gasteiger partial charge in [-0.05, 0) is 41.3 Å². The van der Waals surface area contributed by atoms with Crippen LogP contribution >= 0.6 is 0 Å². The van der Waals surface area contributed by atoms with E-state index in [-0.39, 0.29) is 18.1 Å². The highest BCUT2D eigenvalue weighted by molar-refractivity contribution is 5.94. The number of rotatable bonds is 5. The van der Waals surface area contributed by atoms with E-state index in [1.807, 2.05) is 12.1 Å². The van der Waals surface area contributed by atoms with E-state index >= 15 is 0 Å². The molecule has 1 aliphatic heterocycles. The van der Waals surface area contributed by atoms with Gasteiger partial charge in [-0.3, -0.25) is 4.79 Å². The molecule has 0 bridgehead atoms. The molecular formula is C20H23NO4. The number of carbonyl (C=O) groups is 1. The first-order valence-corrected chi connectivity index (χ1v) is 8.35. The highest BCUT2D eigenvalue weighted by Gasteiger charge is 2.16. The molecule has 25 heavy (non-hydrogen) atoms. The van der Waals surface area contributed by atoms with E-state index in [1.54, 1.807) is 18.2 Å². The van der Waals surface area contributed by atoms with Crippen LogP contribution in [0.15, 0.2) is 42.5 Å². The van der Waals surface area contributed by atoms with Crippen LogP contribution in [0.5, 0.6) is 17.2 Å². The van der Waals surface area contributed by atoms with E-state index in [2.05, 4.69) is 38.2 Å². The first-order valence-electron chi connectivity index (χ1n) is 8.35. The summed E-state index contributed by atoms with van der Waals surface area (Å²) in [6, 6.07) is 13.2. The van der Waals surface area contributed by atoms with E-state index in [0.717, 1.165) is 5.75 Å². The van der Waals surface area contributed by atoms with Gasteiger partial charge in [0.2, 0.25) is 6.79 Å². The average Bonchev–Trinajstić information content (AvgIpc) is 3.06. The van der Waals surface area contributed by atoms with Crippen LogP contribution in [0, 0.1) is 0 Å². The van der Waals surface area contributed by atoms with E-state index in [9.17, 15) is 4.79 Å². The number of amides is 1. The third kappa shape index (κ3) is 4.24. The highest BCUT2D eigenvalue weighted by Crippen LogP contribution is 2.32. The summed E-state index contributed by atoms with van der Waals surface area (Å²) in [4.78, 5) is 12.1. The fourth-order valence-corrected chi connectivity index (χ4v) is 2.52. The van der Waals surface area contributed by atoms with Gasteiger partial charge < -0.3 is 19.5 Å². The second-order valence-corrected chi connectivity index (χ2v) is 6.95. The van der Waals surface area contributed by atoms with Crippen LogP contribution in [-0.2, 0) is 5.41 Å². The van der Waals surface area contributed by atoms with E-state index in [4.69, 9.17) is 14.2 Å². The number of benzene rings is 2. The maximum Gasteiger partial charge on any atom is 0.251 e. The van der Waals surface area contributed by atoms with Crippen LogP contribution in [0.4, 0.5) is 0 Å². The lowest BCUT2D eigenvalue weighted by atomic mass is 9.87. The Morgan fingerprint density at radius 2 is 1.80 bits per heavy atom. The maximum absolute atomic E-state index is 12.1. The molecule has 0 fully saturated rings. The number of nitrogens with one attached hydrogen (secondary N) is 1. The minimum atomic E-state index is -0.162. The first kappa shape index (κ1) is 17.1. The van der Waals surface area contributed by atoms with Crippen molar-refractivity contribution in [3.8, 4) is 17.2 Å². The molecule has 0 atom stereocenters. The van der Waals surface area contributed by atoms with Gasteiger partial charge in [0.1, 0.15) is 12.4 Å². The minimum Gasteiger partial charge on any atom is -0.492 e. The third-order valence-corrected chi connectivity index (χ3v) is 4.01. The normalized spacial score (nSPS) is 12.8. The molecule has 0 unspecified atom stereocenters. The van der Waals surface area contributed by atoms with Crippen molar-refractivity contribution in [2.75, 3.05) is 19.9 Å². The van der Waals surface area contributed by atoms with Gasteiger partial charge in [-0.15, -0.1) is 0 Å². The van der Waals surface area contributed by atoms with Crippen molar-refractivity contribution in [1.29, 1.82) is 0 Å². The summed E-state index contributed by atoms with van der Waals surface area (Å²) in [5.41, 5.74) is 1.92. The summed E-state index contributed by atoms with van der Waals surface area (Å²) in [5, 5.41) is 2.84. The zero-order valence-electron chi connectivity index (χ0n) is 14.8. The predicted octanol–water partition coefficient (Wildman–Crippen LogP) is 3.52. The Bertz CT molecular complexity index is 747. The number of fused-ring (bicyclic) bond motifs is 1. The molecule has 0 aromatic heterocycles. The van der Waals surface area contributed by atoms with Crippen LogP contribution in [0.3, 0.4) is 0 Å². The molecule has 2 aromatic carbocycles. The lowest BCUT2D eigenvalue weighted by Gasteiger charge is -2.19. The summed E-state index contributed by atoms with van der Waals surface area (Å²) in [6.45, 7) is 7.55. The summed E-state index contributed by atoms with van der Waals surface area (Å²) in [5.74, 6) is 1.90. The van der Waals surface area contributed by atoms with Crippen molar-refractivity contribution in [3.63, 3.8) is 0 Å². The number of hydrogen-bond donors (Lipinski definition) is 1. The van der Waals surface area contributed by atoms with Crippen molar-refractivity contribution in [2.45, 2.75) is 26.2 Å². The molecule has 0 radical (unpaired) electrons. The van der Waals surface area contributed by atoms with Gasteiger partial charge in [0.15, 0.2) is 11.5 Å². The second-order valence-electron chi connectivity index (χ2n) is 6.95. The molecule has 0 saturated heterocycles. The molecule has 1 N–H and O–H groups in total. The summed E-state index contributed by atoms with van der Waals surface area (Å²) in [6.07, 6.45) is 0. The summed E-state index contributed by atoms with van der Waals surface area (Å²) in [7, 11) is 0. The lowest BCUT2D eigenvalue weighted by Crippen LogP contribution is -2.28. The van der Waals surface area contributed by atoms with Crippen molar-refractivity contribution >= 4 is 5.91 Å². The third-order valence-electron chi connectivity index (χ3n) is 4.01. The van der Waals surface area contributed by atoms with Crippen LogP contribution in [0.1, 0.15) is 36.7 Å².